The van der Waals surface area contributed by atoms with Crippen LogP contribution in [0.25, 0.3) is 0 Å². The minimum absolute atomic E-state index is 0.0649. The second kappa shape index (κ2) is 6.17. The summed E-state index contributed by atoms with van der Waals surface area (Å²) in [6.07, 6.45) is -2.84. The first-order valence-electron chi connectivity index (χ1n) is 6.40. The molecule has 2 N–H and O–H groups in total. The van der Waals surface area contributed by atoms with Crippen molar-refractivity contribution in [1.29, 1.82) is 0 Å². The van der Waals surface area contributed by atoms with Gasteiger partial charge < -0.3 is 14.9 Å². The highest BCUT2D eigenvalue weighted by molar-refractivity contribution is 5.75. The number of rotatable bonds is 4. The van der Waals surface area contributed by atoms with E-state index in [0.29, 0.717) is 5.56 Å². The number of hydrogen-bond acceptors (Lipinski definition) is 4. The second-order valence-electron chi connectivity index (χ2n) is 5.52. The molecule has 1 aromatic rings. The molecule has 2 atom stereocenters. The van der Waals surface area contributed by atoms with Crippen molar-refractivity contribution >= 4 is 5.97 Å². The monoisotopic (exact) mass is 266 g/mol. The Morgan fingerprint density at radius 1 is 1.32 bits per heavy atom. The van der Waals surface area contributed by atoms with Gasteiger partial charge in [-0.1, -0.05) is 45.0 Å². The molecule has 0 aliphatic carbocycles. The number of carbonyl (C=O) groups excluding carboxylic acids is 1. The maximum absolute atomic E-state index is 11.4. The number of carbonyl (C=O) groups is 1. The molecule has 0 heterocycles. The van der Waals surface area contributed by atoms with E-state index in [0.717, 1.165) is 5.56 Å². The van der Waals surface area contributed by atoms with Crippen molar-refractivity contribution in [2.75, 3.05) is 6.61 Å². The molecule has 0 bridgehead atoms. The predicted molar refractivity (Wildman–Crippen MR) is 72.7 cm³/mol. The van der Waals surface area contributed by atoms with Gasteiger partial charge in [0.2, 0.25) is 0 Å². The molecule has 19 heavy (non-hydrogen) atoms. The lowest BCUT2D eigenvalue weighted by atomic mass is 9.85. The number of ether oxygens (including phenoxy) is 1. The molecular weight excluding hydrogens is 244 g/mol. The van der Waals surface area contributed by atoms with E-state index in [4.69, 9.17) is 4.74 Å². The lowest BCUT2D eigenvalue weighted by molar-refractivity contribution is -0.159. The summed E-state index contributed by atoms with van der Waals surface area (Å²) in [4.78, 5) is 11.4. The molecule has 4 nitrogen and oxygen atoms in total. The number of aliphatic hydroxyl groups excluding tert-OH is 2. The summed E-state index contributed by atoms with van der Waals surface area (Å²) in [5.41, 5.74) is 1.47. The van der Waals surface area contributed by atoms with E-state index in [1.54, 1.807) is 25.1 Å². The van der Waals surface area contributed by atoms with Gasteiger partial charge in [0.15, 0.2) is 6.10 Å². The molecule has 0 spiro atoms. The fraction of sp³-hybridized carbons (Fsp3) is 0.533. The first-order valence-corrected chi connectivity index (χ1v) is 6.40. The number of esters is 1. The molecule has 0 aliphatic rings. The van der Waals surface area contributed by atoms with Crippen LogP contribution in [0, 0.1) is 0 Å². The van der Waals surface area contributed by atoms with Gasteiger partial charge in [-0.2, -0.15) is 0 Å². The maximum atomic E-state index is 11.4. The zero-order chi connectivity index (χ0) is 14.6. The smallest absolute Gasteiger partial charge is 0.338 e. The number of hydrogen-bond donors (Lipinski definition) is 2. The lowest BCUT2D eigenvalue weighted by Gasteiger charge is -2.22. The van der Waals surface area contributed by atoms with Crippen LogP contribution in [0.15, 0.2) is 24.3 Å². The Kier molecular flexibility index (Phi) is 5.09. The standard InChI is InChI=1S/C15H22O4/c1-5-19-14(18)13(17)12(16)10-7-6-8-11(9-10)15(2,3)4/h6-9,12-13,16-17H,5H2,1-4H3. The SMILES string of the molecule is CCOC(=O)C(O)C(O)c1cccc(C(C)(C)C)c1. The van der Waals surface area contributed by atoms with E-state index in [9.17, 15) is 15.0 Å². The Labute approximate surface area is 114 Å². The summed E-state index contributed by atoms with van der Waals surface area (Å²) >= 11 is 0. The quantitative estimate of drug-likeness (QED) is 0.817. The summed E-state index contributed by atoms with van der Waals surface area (Å²) in [5, 5.41) is 19.8. The van der Waals surface area contributed by atoms with Crippen molar-refractivity contribution < 1.29 is 19.7 Å². The van der Waals surface area contributed by atoms with Crippen LogP contribution in [-0.2, 0) is 14.9 Å². The van der Waals surface area contributed by atoms with Crippen molar-refractivity contribution in [2.24, 2.45) is 0 Å². The highest BCUT2D eigenvalue weighted by atomic mass is 16.5. The van der Waals surface area contributed by atoms with Crippen molar-refractivity contribution in [1.82, 2.24) is 0 Å². The van der Waals surface area contributed by atoms with Gasteiger partial charge in [0.05, 0.1) is 6.61 Å². The Morgan fingerprint density at radius 3 is 2.47 bits per heavy atom. The van der Waals surface area contributed by atoms with E-state index in [-0.39, 0.29) is 12.0 Å². The summed E-state index contributed by atoms with van der Waals surface area (Å²) in [6, 6.07) is 7.24. The molecule has 0 radical (unpaired) electrons. The van der Waals surface area contributed by atoms with Gasteiger partial charge in [0, 0.05) is 0 Å². The minimum Gasteiger partial charge on any atom is -0.464 e. The Morgan fingerprint density at radius 2 is 1.95 bits per heavy atom. The molecule has 0 aliphatic heterocycles. The van der Waals surface area contributed by atoms with Crippen LogP contribution >= 0.6 is 0 Å². The predicted octanol–water partition coefficient (Wildman–Crippen LogP) is 1.94. The van der Waals surface area contributed by atoms with Gasteiger partial charge in [-0.05, 0) is 23.5 Å². The van der Waals surface area contributed by atoms with Crippen LogP contribution in [-0.4, -0.2) is 28.9 Å². The number of aliphatic hydroxyl groups is 2. The van der Waals surface area contributed by atoms with Crippen molar-refractivity contribution in [3.63, 3.8) is 0 Å². The molecule has 106 valence electrons. The molecule has 0 fully saturated rings. The lowest BCUT2D eigenvalue weighted by Crippen LogP contribution is -2.30. The van der Waals surface area contributed by atoms with Gasteiger partial charge in [0.25, 0.3) is 0 Å². The molecule has 0 amide bonds. The van der Waals surface area contributed by atoms with Crippen molar-refractivity contribution in [2.45, 2.75) is 45.3 Å². The van der Waals surface area contributed by atoms with Crippen LogP contribution in [0.1, 0.15) is 44.9 Å². The molecule has 0 aromatic heterocycles. The van der Waals surface area contributed by atoms with Crippen LogP contribution in [0.4, 0.5) is 0 Å². The first-order chi connectivity index (χ1) is 8.77. The van der Waals surface area contributed by atoms with E-state index in [1.807, 2.05) is 6.07 Å². The fourth-order valence-corrected chi connectivity index (χ4v) is 1.73. The zero-order valence-corrected chi connectivity index (χ0v) is 11.9. The second-order valence-corrected chi connectivity index (χ2v) is 5.52. The highest BCUT2D eigenvalue weighted by Gasteiger charge is 2.27. The zero-order valence-electron chi connectivity index (χ0n) is 11.9. The van der Waals surface area contributed by atoms with Gasteiger partial charge in [-0.15, -0.1) is 0 Å². The summed E-state index contributed by atoms with van der Waals surface area (Å²) in [6.45, 7) is 7.99. The van der Waals surface area contributed by atoms with E-state index in [2.05, 4.69) is 20.8 Å². The van der Waals surface area contributed by atoms with E-state index in [1.165, 1.54) is 0 Å². The normalized spacial score (nSPS) is 14.8. The molecular formula is C15H22O4. The maximum Gasteiger partial charge on any atom is 0.338 e. The third-order valence-electron chi connectivity index (χ3n) is 2.92. The third-order valence-corrected chi connectivity index (χ3v) is 2.92. The summed E-state index contributed by atoms with van der Waals surface area (Å²) < 4.78 is 4.69. The third kappa shape index (κ3) is 4.04. The largest absolute Gasteiger partial charge is 0.464 e. The number of benzene rings is 1. The van der Waals surface area contributed by atoms with Gasteiger partial charge in [-0.3, -0.25) is 0 Å². The average molecular weight is 266 g/mol. The van der Waals surface area contributed by atoms with Crippen LogP contribution in [0.2, 0.25) is 0 Å². The topological polar surface area (TPSA) is 66.8 Å². The van der Waals surface area contributed by atoms with E-state index < -0.39 is 18.2 Å². The molecule has 1 rings (SSSR count). The molecule has 0 saturated carbocycles. The van der Waals surface area contributed by atoms with Crippen LogP contribution in [0.5, 0.6) is 0 Å². The van der Waals surface area contributed by atoms with Gasteiger partial charge >= 0.3 is 5.97 Å². The van der Waals surface area contributed by atoms with Crippen molar-refractivity contribution in [3.05, 3.63) is 35.4 Å². The van der Waals surface area contributed by atoms with Gasteiger partial charge in [0.1, 0.15) is 6.10 Å². The van der Waals surface area contributed by atoms with Crippen molar-refractivity contribution in [3.8, 4) is 0 Å². The first kappa shape index (κ1) is 15.7. The Balaban J connectivity index is 2.94. The summed E-state index contributed by atoms with van der Waals surface area (Å²) in [7, 11) is 0. The average Bonchev–Trinajstić information content (AvgIpc) is 2.36. The minimum atomic E-state index is -1.56. The van der Waals surface area contributed by atoms with Crippen LogP contribution < -0.4 is 0 Å². The highest BCUT2D eigenvalue weighted by Crippen LogP contribution is 2.26. The fourth-order valence-electron chi connectivity index (χ4n) is 1.73. The summed E-state index contributed by atoms with van der Waals surface area (Å²) in [5.74, 6) is -0.809. The molecule has 0 saturated heterocycles. The Hall–Kier alpha value is -1.39. The molecule has 1 aromatic carbocycles. The Bertz CT molecular complexity index is 434. The van der Waals surface area contributed by atoms with E-state index >= 15 is 0 Å². The molecule has 2 unspecified atom stereocenters. The molecule has 4 heteroatoms. The van der Waals surface area contributed by atoms with Crippen LogP contribution in [0.3, 0.4) is 0 Å². The van der Waals surface area contributed by atoms with Gasteiger partial charge in [-0.25, -0.2) is 4.79 Å².